The summed E-state index contributed by atoms with van der Waals surface area (Å²) in [6.45, 7) is 6.46. The van der Waals surface area contributed by atoms with Crippen LogP contribution in [-0.2, 0) is 0 Å². The van der Waals surface area contributed by atoms with Crippen LogP contribution >= 0.6 is 0 Å². The first-order chi connectivity index (χ1) is 6.10. The molecular formula is C11H20N2. The number of likely N-dealkylation sites (tertiary alicyclic amines) is 1. The van der Waals surface area contributed by atoms with Gasteiger partial charge in [0.1, 0.15) is 0 Å². The molecule has 1 aliphatic heterocycles. The third-order valence-electron chi connectivity index (χ3n) is 3.05. The largest absolute Gasteiger partial charge is 0.317 e. The van der Waals surface area contributed by atoms with Crippen molar-refractivity contribution in [3.05, 3.63) is 0 Å². The van der Waals surface area contributed by atoms with E-state index in [1.807, 2.05) is 7.05 Å². The minimum atomic E-state index is -0.0707. The lowest BCUT2D eigenvalue weighted by Crippen LogP contribution is -2.50. The van der Waals surface area contributed by atoms with Gasteiger partial charge in [0.15, 0.2) is 0 Å². The number of nitrogens with one attached hydrogen (secondary N) is 1. The number of nitrogens with zero attached hydrogens (tertiary/aromatic N) is 1. The Morgan fingerprint density at radius 3 is 2.31 bits per heavy atom. The van der Waals surface area contributed by atoms with Crippen LogP contribution in [0.15, 0.2) is 0 Å². The number of terminal acetylenes is 1. The van der Waals surface area contributed by atoms with Crippen LogP contribution in [0.2, 0.25) is 0 Å². The fourth-order valence-corrected chi connectivity index (χ4v) is 1.82. The van der Waals surface area contributed by atoms with Crippen LogP contribution in [0.25, 0.3) is 0 Å². The normalized spacial score (nSPS) is 21.4. The molecule has 0 aliphatic carbocycles. The molecule has 0 amide bonds. The maximum absolute atomic E-state index is 5.50. The highest BCUT2D eigenvalue weighted by atomic mass is 15.2. The van der Waals surface area contributed by atoms with Gasteiger partial charge in [-0.25, -0.2) is 0 Å². The van der Waals surface area contributed by atoms with E-state index in [0.29, 0.717) is 6.04 Å². The average molecular weight is 180 g/mol. The minimum Gasteiger partial charge on any atom is -0.317 e. The first-order valence-electron chi connectivity index (χ1n) is 5.00. The fourth-order valence-electron chi connectivity index (χ4n) is 1.82. The van der Waals surface area contributed by atoms with E-state index in [2.05, 4.69) is 30.0 Å². The summed E-state index contributed by atoms with van der Waals surface area (Å²) in [6.07, 6.45) is 7.92. The first kappa shape index (κ1) is 10.6. The van der Waals surface area contributed by atoms with E-state index in [4.69, 9.17) is 6.42 Å². The number of hydrogen-bond acceptors (Lipinski definition) is 2. The molecular weight excluding hydrogens is 160 g/mol. The molecule has 74 valence electrons. The van der Waals surface area contributed by atoms with Gasteiger partial charge in [0, 0.05) is 19.1 Å². The summed E-state index contributed by atoms with van der Waals surface area (Å²) in [7, 11) is 2.03. The summed E-state index contributed by atoms with van der Waals surface area (Å²) in [4.78, 5) is 2.39. The summed E-state index contributed by atoms with van der Waals surface area (Å²) < 4.78 is 0. The lowest BCUT2D eigenvalue weighted by atomic mass is 9.97. The molecule has 1 aliphatic rings. The quantitative estimate of drug-likeness (QED) is 0.640. The molecule has 1 N–H and O–H groups in total. The van der Waals surface area contributed by atoms with Crippen LogP contribution in [0.3, 0.4) is 0 Å². The van der Waals surface area contributed by atoms with Crippen LogP contribution in [0, 0.1) is 12.3 Å². The van der Waals surface area contributed by atoms with Gasteiger partial charge in [-0.05, 0) is 33.7 Å². The first-order valence-corrected chi connectivity index (χ1v) is 5.00. The Hall–Kier alpha value is -0.520. The van der Waals surface area contributed by atoms with Crippen molar-refractivity contribution in [1.29, 1.82) is 0 Å². The van der Waals surface area contributed by atoms with Gasteiger partial charge in [-0.2, -0.15) is 0 Å². The Morgan fingerprint density at radius 2 is 1.92 bits per heavy atom. The van der Waals surface area contributed by atoms with E-state index in [1.54, 1.807) is 0 Å². The van der Waals surface area contributed by atoms with Crippen molar-refractivity contribution in [3.8, 4) is 12.3 Å². The van der Waals surface area contributed by atoms with E-state index in [-0.39, 0.29) is 5.54 Å². The van der Waals surface area contributed by atoms with Crippen molar-refractivity contribution in [3.63, 3.8) is 0 Å². The second kappa shape index (κ2) is 4.13. The molecule has 2 heteroatoms. The molecule has 0 saturated carbocycles. The van der Waals surface area contributed by atoms with Crippen LogP contribution < -0.4 is 5.32 Å². The molecule has 0 atom stereocenters. The lowest BCUT2D eigenvalue weighted by Gasteiger charge is -2.39. The van der Waals surface area contributed by atoms with E-state index in [1.165, 1.54) is 12.8 Å². The Labute approximate surface area is 81.7 Å². The second-order valence-electron chi connectivity index (χ2n) is 4.25. The molecule has 0 aromatic rings. The molecule has 1 heterocycles. The Morgan fingerprint density at radius 1 is 1.38 bits per heavy atom. The minimum absolute atomic E-state index is 0.0707. The summed E-state index contributed by atoms with van der Waals surface area (Å²) in [5, 5.41) is 3.32. The predicted octanol–water partition coefficient (Wildman–Crippen LogP) is 1.08. The average Bonchev–Trinajstić information content (AvgIpc) is 2.18. The smallest absolute Gasteiger partial charge is 0.0766 e. The molecule has 13 heavy (non-hydrogen) atoms. The number of hydrogen-bond donors (Lipinski definition) is 1. The second-order valence-corrected chi connectivity index (χ2v) is 4.25. The zero-order valence-electron chi connectivity index (χ0n) is 8.93. The van der Waals surface area contributed by atoms with E-state index in [9.17, 15) is 0 Å². The maximum Gasteiger partial charge on any atom is 0.0766 e. The highest BCUT2D eigenvalue weighted by molar-refractivity contribution is 5.09. The van der Waals surface area contributed by atoms with Crippen LogP contribution in [-0.4, -0.2) is 36.6 Å². The van der Waals surface area contributed by atoms with Crippen LogP contribution in [0.1, 0.15) is 26.7 Å². The molecule has 0 spiro atoms. The third-order valence-corrected chi connectivity index (χ3v) is 3.05. The zero-order chi connectivity index (χ0) is 9.90. The predicted molar refractivity (Wildman–Crippen MR) is 56.6 cm³/mol. The van der Waals surface area contributed by atoms with E-state index < -0.39 is 0 Å². The van der Waals surface area contributed by atoms with Crippen LogP contribution in [0.5, 0.6) is 0 Å². The van der Waals surface area contributed by atoms with Gasteiger partial charge in [-0.1, -0.05) is 5.92 Å². The zero-order valence-corrected chi connectivity index (χ0v) is 8.93. The molecule has 0 aromatic heterocycles. The van der Waals surface area contributed by atoms with Gasteiger partial charge in [-0.15, -0.1) is 6.42 Å². The lowest BCUT2D eigenvalue weighted by molar-refractivity contribution is 0.124. The van der Waals surface area contributed by atoms with Crippen molar-refractivity contribution in [2.24, 2.45) is 0 Å². The molecule has 1 rings (SSSR count). The highest BCUT2D eigenvalue weighted by Gasteiger charge is 2.28. The van der Waals surface area contributed by atoms with Gasteiger partial charge in [0.05, 0.1) is 5.54 Å². The summed E-state index contributed by atoms with van der Waals surface area (Å²) >= 11 is 0. The Kier molecular flexibility index (Phi) is 3.35. The van der Waals surface area contributed by atoms with Crippen molar-refractivity contribution in [1.82, 2.24) is 10.2 Å². The van der Waals surface area contributed by atoms with Crippen molar-refractivity contribution in [2.75, 3.05) is 20.1 Å². The molecule has 0 unspecified atom stereocenters. The summed E-state index contributed by atoms with van der Waals surface area (Å²) in [6, 6.07) is 0.685. The fraction of sp³-hybridized carbons (Fsp3) is 0.818. The van der Waals surface area contributed by atoms with E-state index in [0.717, 1.165) is 13.1 Å². The van der Waals surface area contributed by atoms with Gasteiger partial charge < -0.3 is 5.32 Å². The monoisotopic (exact) mass is 180 g/mol. The maximum atomic E-state index is 5.50. The Balaban J connectivity index is 2.46. The van der Waals surface area contributed by atoms with Crippen molar-refractivity contribution in [2.45, 2.75) is 38.3 Å². The topological polar surface area (TPSA) is 15.3 Å². The number of rotatable bonds is 2. The standard InChI is InChI=1S/C11H20N2/c1-5-11(2,3)13-8-6-10(12-4)7-9-13/h1,10,12H,6-9H2,2-4H3. The van der Waals surface area contributed by atoms with Gasteiger partial charge >= 0.3 is 0 Å². The van der Waals surface area contributed by atoms with Crippen molar-refractivity contribution < 1.29 is 0 Å². The van der Waals surface area contributed by atoms with Crippen LogP contribution in [0.4, 0.5) is 0 Å². The molecule has 1 saturated heterocycles. The van der Waals surface area contributed by atoms with Crippen molar-refractivity contribution >= 4 is 0 Å². The molecule has 0 bridgehead atoms. The van der Waals surface area contributed by atoms with E-state index >= 15 is 0 Å². The Bertz CT molecular complexity index is 195. The molecule has 0 radical (unpaired) electrons. The SMILES string of the molecule is C#CC(C)(C)N1CCC(NC)CC1. The molecule has 0 aromatic carbocycles. The molecule has 2 nitrogen and oxygen atoms in total. The summed E-state index contributed by atoms with van der Waals surface area (Å²) in [5.74, 6) is 2.85. The number of piperidine rings is 1. The van der Waals surface area contributed by atoms with Gasteiger partial charge in [-0.3, -0.25) is 4.90 Å². The third kappa shape index (κ3) is 2.46. The molecule has 1 fully saturated rings. The highest BCUT2D eigenvalue weighted by Crippen LogP contribution is 2.19. The van der Waals surface area contributed by atoms with Gasteiger partial charge in [0.25, 0.3) is 0 Å². The van der Waals surface area contributed by atoms with Gasteiger partial charge in [0.2, 0.25) is 0 Å². The summed E-state index contributed by atoms with van der Waals surface area (Å²) in [5.41, 5.74) is -0.0707.